The van der Waals surface area contributed by atoms with Crippen LogP contribution in [-0.4, -0.2) is 80.9 Å². The van der Waals surface area contributed by atoms with Gasteiger partial charge in [-0.05, 0) is 89.0 Å². The van der Waals surface area contributed by atoms with Gasteiger partial charge in [-0.25, -0.2) is 4.98 Å². The molecule has 3 heterocycles. The molecule has 0 atom stereocenters. The molecule has 5 rings (SSSR count). The number of aliphatic hydroxyl groups is 1. The van der Waals surface area contributed by atoms with Crippen LogP contribution in [-0.2, 0) is 0 Å². The molecule has 37 heavy (non-hydrogen) atoms. The zero-order valence-electron chi connectivity index (χ0n) is 23.5. The van der Waals surface area contributed by atoms with Gasteiger partial charge in [0.15, 0.2) is 0 Å². The number of aliphatic hydroxyl groups excluding tert-OH is 1. The van der Waals surface area contributed by atoms with Crippen molar-refractivity contribution in [2.75, 3.05) is 44.6 Å². The molecule has 2 aromatic heterocycles. The number of rotatable bonds is 9. The van der Waals surface area contributed by atoms with Gasteiger partial charge in [0.1, 0.15) is 5.65 Å². The van der Waals surface area contributed by atoms with Gasteiger partial charge < -0.3 is 19.9 Å². The van der Waals surface area contributed by atoms with Crippen LogP contribution in [0, 0.1) is 5.92 Å². The van der Waals surface area contributed by atoms with E-state index in [1.54, 1.807) is 0 Å². The van der Waals surface area contributed by atoms with Crippen molar-refractivity contribution < 1.29 is 5.11 Å². The Balaban J connectivity index is 1.26. The third-order valence-corrected chi connectivity index (χ3v) is 9.42. The van der Waals surface area contributed by atoms with Crippen LogP contribution in [0.2, 0.25) is 0 Å². The average molecular weight is 511 g/mol. The van der Waals surface area contributed by atoms with E-state index in [9.17, 15) is 5.11 Å². The largest absolute Gasteiger partial charge is 0.393 e. The van der Waals surface area contributed by atoms with Crippen LogP contribution in [0.1, 0.15) is 103 Å². The maximum atomic E-state index is 10.1. The van der Waals surface area contributed by atoms with E-state index in [4.69, 9.17) is 9.97 Å². The Morgan fingerprint density at radius 1 is 1.00 bits per heavy atom. The van der Waals surface area contributed by atoms with Crippen LogP contribution in [0.25, 0.3) is 11.0 Å². The summed E-state index contributed by atoms with van der Waals surface area (Å²) in [4.78, 5) is 15.1. The summed E-state index contributed by atoms with van der Waals surface area (Å²) in [6, 6.07) is 1.10. The Hall–Kier alpha value is -1.70. The summed E-state index contributed by atoms with van der Waals surface area (Å²) in [5.41, 5.74) is 2.56. The van der Waals surface area contributed by atoms with Crippen LogP contribution in [0.15, 0.2) is 12.4 Å². The van der Waals surface area contributed by atoms with Crippen molar-refractivity contribution >= 4 is 17.0 Å². The second-order valence-corrected chi connectivity index (χ2v) is 12.3. The highest BCUT2D eigenvalue weighted by Gasteiger charge is 2.30. The van der Waals surface area contributed by atoms with Crippen molar-refractivity contribution in [3.05, 3.63) is 18.0 Å². The molecule has 0 bridgehead atoms. The molecule has 2 saturated carbocycles. The van der Waals surface area contributed by atoms with Crippen LogP contribution in [0.5, 0.6) is 0 Å². The average Bonchev–Trinajstić information content (AvgIpc) is 3.29. The van der Waals surface area contributed by atoms with Gasteiger partial charge in [0.25, 0.3) is 0 Å². The fourth-order valence-corrected chi connectivity index (χ4v) is 6.94. The van der Waals surface area contributed by atoms with Gasteiger partial charge in [-0.1, -0.05) is 13.3 Å². The lowest BCUT2D eigenvalue weighted by atomic mass is 9.78. The first kappa shape index (κ1) is 26.9. The summed E-state index contributed by atoms with van der Waals surface area (Å²) in [5, 5.41) is 14.8. The molecule has 0 unspecified atom stereocenters. The van der Waals surface area contributed by atoms with E-state index < -0.39 is 0 Å². The Labute approximate surface area is 224 Å². The van der Waals surface area contributed by atoms with Crippen molar-refractivity contribution in [3.8, 4) is 0 Å². The molecule has 0 amide bonds. The summed E-state index contributed by atoms with van der Waals surface area (Å²) < 4.78 is 2.45. The highest BCUT2D eigenvalue weighted by atomic mass is 16.3. The standard InChI is InChI=1S/C30H50N6O/c1-4-5-14-31-30-32-19-27-28(21-36(29(27)33-30)25-10-12-26(37)13-11-25)24-8-6-23(7-9-24)20-34-15-17-35(18-16-34)22(2)3/h19,21-26,37H,4-18,20H2,1-3H3,(H,31,32,33). The molecule has 206 valence electrons. The van der Waals surface area contributed by atoms with Gasteiger partial charge in [-0.3, -0.25) is 4.90 Å². The summed E-state index contributed by atoms with van der Waals surface area (Å²) in [6.07, 6.45) is 15.7. The molecule has 2 aromatic rings. The molecule has 3 aliphatic rings. The Morgan fingerprint density at radius 3 is 2.41 bits per heavy atom. The minimum absolute atomic E-state index is 0.137. The van der Waals surface area contributed by atoms with E-state index in [0.717, 1.165) is 62.6 Å². The number of hydrogen-bond donors (Lipinski definition) is 2. The molecule has 7 heteroatoms. The zero-order valence-corrected chi connectivity index (χ0v) is 23.5. The summed E-state index contributed by atoms with van der Waals surface area (Å²) in [5.74, 6) is 2.19. The van der Waals surface area contributed by atoms with Crippen LogP contribution in [0.4, 0.5) is 5.95 Å². The number of nitrogens with one attached hydrogen (secondary N) is 1. The number of nitrogens with zero attached hydrogens (tertiary/aromatic N) is 5. The van der Waals surface area contributed by atoms with Crippen molar-refractivity contribution in [3.63, 3.8) is 0 Å². The first-order chi connectivity index (χ1) is 18.0. The monoisotopic (exact) mass is 510 g/mol. The van der Waals surface area contributed by atoms with E-state index in [-0.39, 0.29) is 6.10 Å². The van der Waals surface area contributed by atoms with Gasteiger partial charge in [-0.2, -0.15) is 4.98 Å². The van der Waals surface area contributed by atoms with Gasteiger partial charge in [-0.15, -0.1) is 0 Å². The quantitative estimate of drug-likeness (QED) is 0.439. The predicted molar refractivity (Wildman–Crippen MR) is 152 cm³/mol. The molecule has 1 aliphatic heterocycles. The lowest BCUT2D eigenvalue weighted by molar-refractivity contribution is 0.0897. The topological polar surface area (TPSA) is 69.5 Å². The van der Waals surface area contributed by atoms with E-state index in [0.29, 0.717) is 18.0 Å². The van der Waals surface area contributed by atoms with Gasteiger partial charge in [0.05, 0.1) is 6.10 Å². The first-order valence-electron chi connectivity index (χ1n) is 15.3. The summed E-state index contributed by atoms with van der Waals surface area (Å²) in [6.45, 7) is 14.0. The number of anilines is 1. The van der Waals surface area contributed by atoms with Gasteiger partial charge >= 0.3 is 0 Å². The second-order valence-electron chi connectivity index (χ2n) is 12.3. The molecule has 0 aromatic carbocycles. The highest BCUT2D eigenvalue weighted by molar-refractivity contribution is 5.81. The SMILES string of the molecule is CCCCNc1ncc2c(C3CCC(CN4CCN(C(C)C)CC4)CC3)cn(C3CCC(O)CC3)c2n1. The number of piperazine rings is 1. The third-order valence-electron chi connectivity index (χ3n) is 9.42. The van der Waals surface area contributed by atoms with Gasteiger partial charge in [0.2, 0.25) is 5.95 Å². The fourth-order valence-electron chi connectivity index (χ4n) is 6.94. The Kier molecular flexibility index (Phi) is 9.04. The first-order valence-corrected chi connectivity index (χ1v) is 15.3. The fraction of sp³-hybridized carbons (Fsp3) is 0.800. The molecule has 1 saturated heterocycles. The maximum absolute atomic E-state index is 10.1. The number of hydrogen-bond acceptors (Lipinski definition) is 6. The summed E-state index contributed by atoms with van der Waals surface area (Å²) in [7, 11) is 0. The molecule has 2 N–H and O–H groups in total. The zero-order chi connectivity index (χ0) is 25.8. The minimum Gasteiger partial charge on any atom is -0.393 e. The van der Waals surface area contributed by atoms with Crippen molar-refractivity contribution in [1.82, 2.24) is 24.3 Å². The molecule has 0 radical (unpaired) electrons. The van der Waals surface area contributed by atoms with Crippen molar-refractivity contribution in [1.29, 1.82) is 0 Å². The predicted octanol–water partition coefficient (Wildman–Crippen LogP) is 5.42. The number of fused-ring (bicyclic) bond motifs is 1. The second kappa shape index (κ2) is 12.4. The molecular formula is C30H50N6O. The lowest BCUT2D eigenvalue weighted by Crippen LogP contribution is -2.50. The summed E-state index contributed by atoms with van der Waals surface area (Å²) >= 11 is 0. The Morgan fingerprint density at radius 2 is 1.73 bits per heavy atom. The minimum atomic E-state index is -0.137. The molecular weight excluding hydrogens is 460 g/mol. The normalized spacial score (nSPS) is 28.2. The number of aromatic nitrogens is 3. The van der Waals surface area contributed by atoms with E-state index in [1.165, 1.54) is 69.4 Å². The molecule has 0 spiro atoms. The highest BCUT2D eigenvalue weighted by Crippen LogP contribution is 2.41. The van der Waals surface area contributed by atoms with Crippen molar-refractivity contribution in [2.45, 2.75) is 109 Å². The maximum Gasteiger partial charge on any atom is 0.224 e. The smallest absolute Gasteiger partial charge is 0.224 e. The molecule has 7 nitrogen and oxygen atoms in total. The lowest BCUT2D eigenvalue weighted by Gasteiger charge is -2.39. The van der Waals surface area contributed by atoms with E-state index in [1.807, 2.05) is 0 Å². The van der Waals surface area contributed by atoms with Crippen LogP contribution < -0.4 is 5.32 Å². The third kappa shape index (κ3) is 6.48. The van der Waals surface area contributed by atoms with Crippen LogP contribution >= 0.6 is 0 Å². The van der Waals surface area contributed by atoms with E-state index in [2.05, 4.69) is 52.8 Å². The number of unbranched alkanes of at least 4 members (excludes halogenated alkanes) is 1. The van der Waals surface area contributed by atoms with E-state index >= 15 is 0 Å². The molecule has 3 fully saturated rings. The molecule has 2 aliphatic carbocycles. The Bertz CT molecular complexity index is 981. The van der Waals surface area contributed by atoms with Crippen LogP contribution in [0.3, 0.4) is 0 Å². The van der Waals surface area contributed by atoms with Gasteiger partial charge in [0, 0.05) is 69.1 Å². The van der Waals surface area contributed by atoms with Crippen molar-refractivity contribution in [2.24, 2.45) is 5.92 Å².